The number of rotatable bonds is 4. The second kappa shape index (κ2) is 5.85. The van der Waals surface area contributed by atoms with Gasteiger partial charge in [0.25, 0.3) is 0 Å². The molecule has 0 saturated heterocycles. The Kier molecular flexibility index (Phi) is 4.99. The van der Waals surface area contributed by atoms with Crippen LogP contribution < -0.4 is 5.32 Å². The normalized spacial score (nSPS) is 20.6. The van der Waals surface area contributed by atoms with E-state index in [0.717, 1.165) is 12.8 Å². The lowest BCUT2D eigenvalue weighted by molar-refractivity contribution is -0.132. The van der Waals surface area contributed by atoms with Gasteiger partial charge in [-0.3, -0.25) is 4.79 Å². The van der Waals surface area contributed by atoms with E-state index in [-0.39, 0.29) is 5.91 Å². The van der Waals surface area contributed by atoms with Crippen molar-refractivity contribution in [3.05, 3.63) is 0 Å². The van der Waals surface area contributed by atoms with Gasteiger partial charge in [-0.1, -0.05) is 27.7 Å². The lowest BCUT2D eigenvalue weighted by atomic mass is 9.75. The molecule has 3 nitrogen and oxygen atoms in total. The molecule has 1 fully saturated rings. The summed E-state index contributed by atoms with van der Waals surface area (Å²) in [4.78, 5) is 13.9. The van der Waals surface area contributed by atoms with Crippen molar-refractivity contribution in [2.24, 2.45) is 5.41 Å². The van der Waals surface area contributed by atoms with Gasteiger partial charge in [0, 0.05) is 19.1 Å². The lowest BCUT2D eigenvalue weighted by Crippen LogP contribution is -2.45. The van der Waals surface area contributed by atoms with Crippen molar-refractivity contribution in [3.8, 4) is 0 Å². The zero-order valence-corrected chi connectivity index (χ0v) is 12.0. The Morgan fingerprint density at radius 3 is 2.35 bits per heavy atom. The minimum Gasteiger partial charge on any atom is -0.342 e. The van der Waals surface area contributed by atoms with Crippen LogP contribution in [-0.4, -0.2) is 36.5 Å². The van der Waals surface area contributed by atoms with E-state index in [1.165, 1.54) is 12.8 Å². The fourth-order valence-electron chi connectivity index (χ4n) is 2.39. The zero-order valence-electron chi connectivity index (χ0n) is 12.0. The monoisotopic (exact) mass is 240 g/mol. The van der Waals surface area contributed by atoms with Crippen LogP contribution in [0.1, 0.15) is 53.4 Å². The third kappa shape index (κ3) is 4.66. The number of hydrogen-bond donors (Lipinski definition) is 1. The summed E-state index contributed by atoms with van der Waals surface area (Å²) in [5.74, 6) is 0.225. The maximum absolute atomic E-state index is 12.0. The van der Waals surface area contributed by atoms with Gasteiger partial charge in [-0.2, -0.15) is 0 Å². The lowest BCUT2D eigenvalue weighted by Gasteiger charge is -2.38. The number of carbonyl (C=O) groups is 1. The van der Waals surface area contributed by atoms with Crippen LogP contribution >= 0.6 is 0 Å². The third-order valence-electron chi connectivity index (χ3n) is 3.91. The van der Waals surface area contributed by atoms with Crippen molar-refractivity contribution in [1.29, 1.82) is 0 Å². The zero-order chi connectivity index (χ0) is 13.1. The van der Waals surface area contributed by atoms with E-state index in [9.17, 15) is 4.79 Å². The molecular weight excluding hydrogens is 212 g/mol. The smallest absolute Gasteiger partial charge is 0.236 e. The highest BCUT2D eigenvalue weighted by Gasteiger charge is 2.30. The minimum absolute atomic E-state index is 0.225. The summed E-state index contributed by atoms with van der Waals surface area (Å²) in [6, 6.07) is 0.821. The standard InChI is InChI=1S/C14H28N2O/c1-11(2)15-10-13(17)16(5)12-6-8-14(3,4)9-7-12/h11-12,15H,6-10H2,1-5H3. The number of nitrogens with one attached hydrogen (secondary N) is 1. The van der Waals surface area contributed by atoms with Crippen molar-refractivity contribution in [2.45, 2.75) is 65.5 Å². The Morgan fingerprint density at radius 2 is 1.88 bits per heavy atom. The third-order valence-corrected chi connectivity index (χ3v) is 3.91. The highest BCUT2D eigenvalue weighted by atomic mass is 16.2. The molecule has 1 rings (SSSR count). The predicted octanol–water partition coefficient (Wildman–Crippen LogP) is 2.41. The number of amides is 1. The van der Waals surface area contributed by atoms with Crippen LogP contribution in [-0.2, 0) is 4.79 Å². The molecule has 100 valence electrons. The first-order valence-electron chi connectivity index (χ1n) is 6.81. The molecule has 1 N–H and O–H groups in total. The SMILES string of the molecule is CC(C)NCC(=O)N(C)C1CCC(C)(C)CC1. The van der Waals surface area contributed by atoms with E-state index in [1.54, 1.807) is 0 Å². The second-order valence-electron chi connectivity index (χ2n) is 6.44. The number of nitrogens with zero attached hydrogens (tertiary/aromatic N) is 1. The summed E-state index contributed by atoms with van der Waals surface area (Å²) in [7, 11) is 1.95. The number of likely N-dealkylation sites (N-methyl/N-ethyl adjacent to an activating group) is 1. The van der Waals surface area contributed by atoms with Crippen LogP contribution in [0.5, 0.6) is 0 Å². The first kappa shape index (κ1) is 14.5. The second-order valence-corrected chi connectivity index (χ2v) is 6.44. The van der Waals surface area contributed by atoms with Crippen LogP contribution in [0.4, 0.5) is 0 Å². The van der Waals surface area contributed by atoms with E-state index in [0.29, 0.717) is 24.0 Å². The average molecular weight is 240 g/mol. The van der Waals surface area contributed by atoms with Crippen LogP contribution in [0.25, 0.3) is 0 Å². The summed E-state index contributed by atoms with van der Waals surface area (Å²) in [5.41, 5.74) is 0.469. The largest absolute Gasteiger partial charge is 0.342 e. The molecule has 0 spiro atoms. The molecular formula is C14H28N2O. The fourth-order valence-corrected chi connectivity index (χ4v) is 2.39. The first-order valence-corrected chi connectivity index (χ1v) is 6.81. The minimum atomic E-state index is 0.225. The quantitative estimate of drug-likeness (QED) is 0.818. The molecule has 0 aromatic rings. The highest BCUT2D eigenvalue weighted by molar-refractivity contribution is 5.78. The maximum atomic E-state index is 12.0. The van der Waals surface area contributed by atoms with Crippen molar-refractivity contribution in [3.63, 3.8) is 0 Å². The molecule has 0 unspecified atom stereocenters. The van der Waals surface area contributed by atoms with Crippen molar-refractivity contribution in [2.75, 3.05) is 13.6 Å². The van der Waals surface area contributed by atoms with Crippen molar-refractivity contribution >= 4 is 5.91 Å². The van der Waals surface area contributed by atoms with Gasteiger partial charge in [0.2, 0.25) is 5.91 Å². The van der Waals surface area contributed by atoms with Crippen LogP contribution in [0, 0.1) is 5.41 Å². The Hall–Kier alpha value is -0.570. The van der Waals surface area contributed by atoms with E-state index >= 15 is 0 Å². The van der Waals surface area contributed by atoms with Gasteiger partial charge in [-0.05, 0) is 31.1 Å². The highest BCUT2D eigenvalue weighted by Crippen LogP contribution is 2.36. The number of carbonyl (C=O) groups excluding carboxylic acids is 1. The summed E-state index contributed by atoms with van der Waals surface area (Å²) >= 11 is 0. The molecule has 3 heteroatoms. The van der Waals surface area contributed by atoms with Crippen LogP contribution in [0.2, 0.25) is 0 Å². The van der Waals surface area contributed by atoms with Gasteiger partial charge in [-0.15, -0.1) is 0 Å². The topological polar surface area (TPSA) is 32.3 Å². The molecule has 0 aliphatic heterocycles. The molecule has 0 bridgehead atoms. The molecule has 17 heavy (non-hydrogen) atoms. The molecule has 0 atom stereocenters. The summed E-state index contributed by atoms with van der Waals surface area (Å²) in [6.07, 6.45) is 4.76. The molecule has 1 aliphatic carbocycles. The predicted molar refractivity (Wildman–Crippen MR) is 71.9 cm³/mol. The first-order chi connectivity index (χ1) is 7.82. The molecule has 1 aliphatic rings. The Labute approximate surface area is 106 Å². The molecule has 1 saturated carbocycles. The van der Waals surface area contributed by atoms with Crippen LogP contribution in [0.15, 0.2) is 0 Å². The van der Waals surface area contributed by atoms with E-state index < -0.39 is 0 Å². The molecule has 0 radical (unpaired) electrons. The number of hydrogen-bond acceptors (Lipinski definition) is 2. The molecule has 0 aromatic carbocycles. The molecule has 0 aromatic heterocycles. The maximum Gasteiger partial charge on any atom is 0.236 e. The van der Waals surface area contributed by atoms with Crippen LogP contribution in [0.3, 0.4) is 0 Å². The average Bonchev–Trinajstić information content (AvgIpc) is 2.25. The van der Waals surface area contributed by atoms with Gasteiger partial charge in [0.15, 0.2) is 0 Å². The van der Waals surface area contributed by atoms with E-state index in [1.807, 2.05) is 11.9 Å². The Balaban J connectivity index is 2.37. The van der Waals surface area contributed by atoms with Gasteiger partial charge < -0.3 is 10.2 Å². The Bertz CT molecular complexity index is 251. The van der Waals surface area contributed by atoms with Crippen molar-refractivity contribution < 1.29 is 4.79 Å². The summed E-state index contributed by atoms with van der Waals surface area (Å²) in [6.45, 7) is 9.25. The van der Waals surface area contributed by atoms with Gasteiger partial charge in [0.05, 0.1) is 6.54 Å². The van der Waals surface area contributed by atoms with Gasteiger partial charge >= 0.3 is 0 Å². The van der Waals surface area contributed by atoms with Gasteiger partial charge in [-0.25, -0.2) is 0 Å². The van der Waals surface area contributed by atoms with E-state index in [2.05, 4.69) is 33.0 Å². The van der Waals surface area contributed by atoms with Gasteiger partial charge in [0.1, 0.15) is 0 Å². The fraction of sp³-hybridized carbons (Fsp3) is 0.929. The summed E-state index contributed by atoms with van der Waals surface area (Å²) in [5, 5.41) is 3.19. The van der Waals surface area contributed by atoms with Crippen molar-refractivity contribution in [1.82, 2.24) is 10.2 Å². The molecule has 1 amide bonds. The molecule has 0 heterocycles. The van der Waals surface area contributed by atoms with E-state index in [4.69, 9.17) is 0 Å². The summed E-state index contributed by atoms with van der Waals surface area (Å²) < 4.78 is 0. The Morgan fingerprint density at radius 1 is 1.35 bits per heavy atom.